The average molecular weight is 630 g/mol. The molecule has 4 aliphatic rings. The number of carbonyl (C=O) groups excluding carboxylic acids is 1. The van der Waals surface area contributed by atoms with E-state index in [2.05, 4.69) is 50.4 Å². The van der Waals surface area contributed by atoms with Gasteiger partial charge < -0.3 is 29.2 Å². The van der Waals surface area contributed by atoms with Gasteiger partial charge in [0.2, 0.25) is 6.54 Å². The second kappa shape index (κ2) is 12.1. The lowest BCUT2D eigenvalue weighted by atomic mass is 10.0. The first kappa shape index (κ1) is 29.8. The Hall–Kier alpha value is -3.94. The molecule has 2 aromatic carbocycles. The number of fused-ring (bicyclic) bond motifs is 2. The lowest BCUT2D eigenvalue weighted by Crippen LogP contribution is -2.57. The van der Waals surface area contributed by atoms with Crippen LogP contribution in [0.5, 0.6) is 6.01 Å². The predicted molar refractivity (Wildman–Crippen MR) is 173 cm³/mol. The topological polar surface area (TPSA) is 69.4 Å². The molecule has 0 spiro atoms. The molecule has 4 heterocycles. The number of anilines is 2. The minimum absolute atomic E-state index is 0.0702. The molecule has 0 unspecified atom stereocenters. The summed E-state index contributed by atoms with van der Waals surface area (Å²) in [7, 11) is 0. The molecule has 3 fully saturated rings. The monoisotopic (exact) mass is 629 g/mol. The van der Waals surface area contributed by atoms with Crippen LogP contribution in [-0.2, 0) is 17.8 Å². The standard InChI is InChI=1S/C34H37ClFN7O2/c1-23(36)32(44)43-17-16-42(19-25(43)18-37-2)31-26-10-15-41(29-9-4-7-24-6-3-8-27(35)30(24)29)20-28(26)38-33(39-31)45-22-34(11-12-34)21-40-13-5-14-40/h3-4,6-9,25H,1,5,10-22H2/t25-/m0/s1. The Morgan fingerprint density at radius 1 is 1.11 bits per heavy atom. The molecule has 1 amide bonds. The number of piperazine rings is 1. The van der Waals surface area contributed by atoms with Crippen LogP contribution < -0.4 is 14.5 Å². The Bertz CT molecular complexity index is 1680. The third-order valence-corrected chi connectivity index (χ3v) is 10.1. The highest BCUT2D eigenvalue weighted by atomic mass is 35.5. The Kier molecular flexibility index (Phi) is 8.00. The van der Waals surface area contributed by atoms with E-state index in [0.717, 1.165) is 72.6 Å². The summed E-state index contributed by atoms with van der Waals surface area (Å²) in [6.07, 6.45) is 4.26. The molecule has 9 nitrogen and oxygen atoms in total. The van der Waals surface area contributed by atoms with Gasteiger partial charge in [-0.05, 0) is 56.3 Å². The number of hydrogen-bond donors (Lipinski definition) is 0. The molecule has 1 saturated carbocycles. The summed E-state index contributed by atoms with van der Waals surface area (Å²) >= 11 is 6.71. The fourth-order valence-corrected chi connectivity index (χ4v) is 7.23. The first-order valence-corrected chi connectivity index (χ1v) is 16.1. The highest BCUT2D eigenvalue weighted by Gasteiger charge is 2.46. The molecule has 1 atom stereocenters. The summed E-state index contributed by atoms with van der Waals surface area (Å²) in [6.45, 7) is 17.1. The number of amides is 1. The van der Waals surface area contributed by atoms with Crippen molar-refractivity contribution in [1.82, 2.24) is 19.8 Å². The minimum atomic E-state index is -1.01. The molecule has 1 aliphatic carbocycles. The van der Waals surface area contributed by atoms with Crippen molar-refractivity contribution in [2.75, 3.05) is 68.8 Å². The number of hydrogen-bond acceptors (Lipinski definition) is 7. The van der Waals surface area contributed by atoms with Crippen LogP contribution in [0.25, 0.3) is 15.6 Å². The van der Waals surface area contributed by atoms with Crippen molar-refractivity contribution in [2.24, 2.45) is 5.41 Å². The van der Waals surface area contributed by atoms with Crippen LogP contribution in [-0.4, -0.2) is 90.7 Å². The number of carbonyl (C=O) groups is 1. The molecule has 234 valence electrons. The number of benzene rings is 2. The van der Waals surface area contributed by atoms with Crippen molar-refractivity contribution in [3.8, 4) is 6.01 Å². The molecular formula is C34H37ClFN7O2. The van der Waals surface area contributed by atoms with Crippen LogP contribution in [0.15, 0.2) is 48.8 Å². The molecule has 1 aromatic heterocycles. The van der Waals surface area contributed by atoms with Crippen molar-refractivity contribution in [3.05, 3.63) is 76.5 Å². The third kappa shape index (κ3) is 5.91. The normalized spacial score (nSPS) is 20.7. The van der Waals surface area contributed by atoms with Gasteiger partial charge in [-0.15, -0.1) is 0 Å². The Balaban J connectivity index is 1.20. The summed E-state index contributed by atoms with van der Waals surface area (Å²) in [4.78, 5) is 34.4. The fraction of sp³-hybridized carbons (Fsp3) is 0.471. The smallest absolute Gasteiger partial charge is 0.318 e. The van der Waals surface area contributed by atoms with Gasteiger partial charge in [0.15, 0.2) is 5.83 Å². The van der Waals surface area contributed by atoms with Gasteiger partial charge in [-0.1, -0.05) is 42.4 Å². The lowest BCUT2D eigenvalue weighted by Gasteiger charge is -2.41. The summed E-state index contributed by atoms with van der Waals surface area (Å²) in [6, 6.07) is 12.1. The molecule has 45 heavy (non-hydrogen) atoms. The summed E-state index contributed by atoms with van der Waals surface area (Å²) in [5, 5.41) is 2.83. The summed E-state index contributed by atoms with van der Waals surface area (Å²) in [5.41, 5.74) is 3.17. The van der Waals surface area contributed by atoms with Gasteiger partial charge in [-0.25, -0.2) is 11.0 Å². The highest BCUT2D eigenvalue weighted by molar-refractivity contribution is 6.36. The minimum Gasteiger partial charge on any atom is -0.463 e. The van der Waals surface area contributed by atoms with Crippen molar-refractivity contribution >= 4 is 39.8 Å². The maximum Gasteiger partial charge on any atom is 0.318 e. The molecule has 0 radical (unpaired) electrons. The van der Waals surface area contributed by atoms with Crippen LogP contribution in [0.3, 0.4) is 0 Å². The molecule has 0 bridgehead atoms. The van der Waals surface area contributed by atoms with Crippen LogP contribution >= 0.6 is 11.6 Å². The molecule has 11 heteroatoms. The van der Waals surface area contributed by atoms with Gasteiger partial charge in [0.1, 0.15) is 11.9 Å². The average Bonchev–Trinajstić information content (AvgIpc) is 3.80. The summed E-state index contributed by atoms with van der Waals surface area (Å²) in [5.74, 6) is -0.980. The fourth-order valence-electron chi connectivity index (χ4n) is 6.95. The van der Waals surface area contributed by atoms with E-state index in [4.69, 9.17) is 32.9 Å². The van der Waals surface area contributed by atoms with Crippen LogP contribution in [0.2, 0.25) is 5.02 Å². The second-order valence-corrected chi connectivity index (χ2v) is 13.2. The Labute approximate surface area is 268 Å². The molecular weight excluding hydrogens is 593 g/mol. The van der Waals surface area contributed by atoms with E-state index in [1.54, 1.807) is 0 Å². The number of ether oxygens (including phenoxy) is 1. The van der Waals surface area contributed by atoms with E-state index >= 15 is 0 Å². The number of nitrogens with zero attached hydrogens (tertiary/aromatic N) is 7. The molecule has 7 rings (SSSR count). The van der Waals surface area contributed by atoms with E-state index in [1.807, 2.05) is 12.1 Å². The maximum atomic E-state index is 13.9. The SMILES string of the molecule is [C-]#[N+]C[C@H]1CN(c2nc(OCC3(CN4CCC4)CC3)nc3c2CCN(c2cccc4cccc(Cl)c24)C3)CCN1C(=O)C(=C)F. The van der Waals surface area contributed by atoms with Gasteiger partial charge >= 0.3 is 6.01 Å². The Morgan fingerprint density at radius 2 is 1.91 bits per heavy atom. The van der Waals surface area contributed by atoms with Crippen LogP contribution in [0, 0.1) is 12.0 Å². The van der Waals surface area contributed by atoms with Crippen LogP contribution in [0.4, 0.5) is 15.9 Å². The first-order chi connectivity index (χ1) is 21.8. The number of rotatable bonds is 9. The second-order valence-electron chi connectivity index (χ2n) is 12.8. The zero-order valence-corrected chi connectivity index (χ0v) is 26.1. The number of likely N-dealkylation sites (tertiary alicyclic amines) is 1. The van der Waals surface area contributed by atoms with Gasteiger partial charge in [0.05, 0.1) is 23.9 Å². The lowest BCUT2D eigenvalue weighted by molar-refractivity contribution is -0.131. The molecule has 3 aromatic rings. The van der Waals surface area contributed by atoms with E-state index in [0.29, 0.717) is 43.7 Å². The van der Waals surface area contributed by atoms with Gasteiger partial charge in [0, 0.05) is 54.8 Å². The summed E-state index contributed by atoms with van der Waals surface area (Å²) < 4.78 is 20.3. The van der Waals surface area contributed by atoms with Crippen molar-refractivity contribution in [2.45, 2.75) is 38.3 Å². The Morgan fingerprint density at radius 3 is 2.62 bits per heavy atom. The number of halogens is 2. The number of aromatic nitrogens is 2. The van der Waals surface area contributed by atoms with Gasteiger partial charge in [0.25, 0.3) is 5.91 Å². The largest absolute Gasteiger partial charge is 0.463 e. The first-order valence-electron chi connectivity index (χ1n) is 15.7. The highest BCUT2D eigenvalue weighted by Crippen LogP contribution is 2.47. The van der Waals surface area contributed by atoms with E-state index in [9.17, 15) is 9.18 Å². The quantitative estimate of drug-likeness (QED) is 0.240. The maximum absolute atomic E-state index is 13.9. The van der Waals surface area contributed by atoms with Crippen molar-refractivity contribution in [3.63, 3.8) is 0 Å². The van der Waals surface area contributed by atoms with Crippen LogP contribution in [0.1, 0.15) is 30.5 Å². The molecule has 3 aliphatic heterocycles. The molecule has 0 N–H and O–H groups in total. The zero-order chi connectivity index (χ0) is 31.1. The third-order valence-electron chi connectivity index (χ3n) is 9.74. The molecule has 2 saturated heterocycles. The van der Waals surface area contributed by atoms with Crippen molar-refractivity contribution < 1.29 is 13.9 Å². The van der Waals surface area contributed by atoms with E-state index in [1.165, 1.54) is 11.3 Å². The van der Waals surface area contributed by atoms with Crippen molar-refractivity contribution in [1.29, 1.82) is 0 Å². The van der Waals surface area contributed by atoms with Gasteiger partial charge in [-0.2, -0.15) is 9.97 Å². The van der Waals surface area contributed by atoms with E-state index < -0.39 is 17.8 Å². The zero-order valence-electron chi connectivity index (χ0n) is 25.4. The van der Waals surface area contributed by atoms with Gasteiger partial charge in [-0.3, -0.25) is 4.79 Å². The predicted octanol–water partition coefficient (Wildman–Crippen LogP) is 5.13. The van der Waals surface area contributed by atoms with E-state index in [-0.39, 0.29) is 18.5 Å².